The van der Waals surface area contributed by atoms with E-state index in [-0.39, 0.29) is 30.7 Å². The lowest BCUT2D eigenvalue weighted by atomic mass is 9.99. The quantitative estimate of drug-likeness (QED) is 0.196. The first-order valence-corrected chi connectivity index (χ1v) is 14.6. The third-order valence-electron chi connectivity index (χ3n) is 6.76. The molecule has 230 valence electrons. The molecule has 0 heterocycles. The highest BCUT2D eigenvalue weighted by atomic mass is 16.6. The van der Waals surface area contributed by atoms with E-state index in [4.69, 9.17) is 10.5 Å². The van der Waals surface area contributed by atoms with Crippen LogP contribution in [0, 0.1) is 0 Å². The first-order valence-electron chi connectivity index (χ1n) is 14.6. The van der Waals surface area contributed by atoms with E-state index in [1.807, 2.05) is 43.3 Å². The monoisotopic (exact) mass is 590 g/mol. The number of amides is 4. The minimum atomic E-state index is -1.26. The van der Waals surface area contributed by atoms with Crippen LogP contribution in [0.2, 0.25) is 0 Å². The summed E-state index contributed by atoms with van der Waals surface area (Å²) < 4.78 is 5.37. The second-order valence-electron chi connectivity index (χ2n) is 11.5. The van der Waals surface area contributed by atoms with Crippen LogP contribution in [0.5, 0.6) is 5.75 Å². The van der Waals surface area contributed by atoms with Gasteiger partial charge in [-0.25, -0.2) is 4.79 Å². The van der Waals surface area contributed by atoms with E-state index >= 15 is 0 Å². The molecular weight excluding hydrogens is 548 g/mol. The van der Waals surface area contributed by atoms with Crippen LogP contribution in [-0.4, -0.2) is 52.0 Å². The maximum atomic E-state index is 14.3. The molecule has 3 aromatic carbocycles. The Bertz CT molecular complexity index is 1430. The molecule has 0 saturated heterocycles. The number of ether oxygens (including phenoxy) is 1. The summed E-state index contributed by atoms with van der Waals surface area (Å²) in [6, 6.07) is 17.1. The predicted octanol–water partition coefficient (Wildman–Crippen LogP) is 5.40. The van der Waals surface area contributed by atoms with E-state index in [2.05, 4.69) is 10.6 Å². The van der Waals surface area contributed by atoms with Crippen LogP contribution in [0.4, 0.5) is 10.5 Å². The van der Waals surface area contributed by atoms with Crippen LogP contribution in [0.25, 0.3) is 10.8 Å². The van der Waals surface area contributed by atoms with E-state index in [9.17, 15) is 24.3 Å². The van der Waals surface area contributed by atoms with E-state index < -0.39 is 41.5 Å². The summed E-state index contributed by atoms with van der Waals surface area (Å²) in [6.45, 7) is 7.23. The molecule has 0 aliphatic rings. The van der Waals surface area contributed by atoms with Gasteiger partial charge in [-0.3, -0.25) is 14.4 Å². The van der Waals surface area contributed by atoms with Crippen molar-refractivity contribution in [2.75, 3.05) is 11.9 Å². The van der Waals surface area contributed by atoms with Crippen molar-refractivity contribution >= 4 is 40.3 Å². The number of rotatable bonds is 13. The van der Waals surface area contributed by atoms with E-state index in [1.165, 1.54) is 11.0 Å². The number of phenolic OH excluding ortho intramolecular Hbond substituents is 1. The standard InChI is InChI=1S/C33H42N4O6/c1-5-6-11-20-37(31(41)26(18-19-28(34)39)36-32(42)43-33(2,3)4)29(25-14-9-10-15-27(25)38)30(40)35-24-17-16-22-12-7-8-13-23(22)21-24/h7-10,12-17,21,26,29,38H,5-6,11,18-20H2,1-4H3,(H2,34,39)(H,35,40)(H,36,42). The highest BCUT2D eigenvalue weighted by Gasteiger charge is 2.37. The first-order chi connectivity index (χ1) is 20.4. The maximum absolute atomic E-state index is 14.3. The molecular formula is C33H42N4O6. The van der Waals surface area contributed by atoms with Crippen LogP contribution < -0.4 is 16.4 Å². The van der Waals surface area contributed by atoms with Crippen LogP contribution >= 0.6 is 0 Å². The Balaban J connectivity index is 2.04. The zero-order valence-electron chi connectivity index (χ0n) is 25.3. The fraction of sp³-hybridized carbons (Fsp3) is 0.394. The highest BCUT2D eigenvalue weighted by molar-refractivity contribution is 6.00. The third-order valence-corrected chi connectivity index (χ3v) is 6.76. The molecule has 0 radical (unpaired) electrons. The summed E-state index contributed by atoms with van der Waals surface area (Å²) in [4.78, 5) is 54.1. The van der Waals surface area contributed by atoms with Gasteiger partial charge in [0.25, 0.3) is 5.91 Å². The van der Waals surface area contributed by atoms with Gasteiger partial charge in [0.1, 0.15) is 23.4 Å². The Morgan fingerprint density at radius 1 is 0.953 bits per heavy atom. The number of anilines is 1. The molecule has 4 amide bonds. The first kappa shape index (κ1) is 32.9. The Hall–Kier alpha value is -4.60. The fourth-order valence-electron chi connectivity index (χ4n) is 4.74. The number of carbonyl (C=O) groups excluding carboxylic acids is 4. The molecule has 0 saturated carbocycles. The van der Waals surface area contributed by atoms with Gasteiger partial charge in [0.15, 0.2) is 0 Å². The van der Waals surface area contributed by atoms with Crippen LogP contribution in [0.1, 0.15) is 71.4 Å². The lowest BCUT2D eigenvalue weighted by Gasteiger charge is -2.34. The van der Waals surface area contributed by atoms with Gasteiger partial charge < -0.3 is 31.1 Å². The average molecular weight is 591 g/mol. The van der Waals surface area contributed by atoms with Gasteiger partial charge in [-0.15, -0.1) is 0 Å². The van der Waals surface area contributed by atoms with Crippen LogP contribution in [-0.2, 0) is 19.1 Å². The van der Waals surface area contributed by atoms with Crippen molar-refractivity contribution in [3.05, 3.63) is 72.3 Å². The molecule has 43 heavy (non-hydrogen) atoms. The summed E-state index contributed by atoms with van der Waals surface area (Å²) in [5, 5.41) is 18.3. The lowest BCUT2D eigenvalue weighted by Crippen LogP contribution is -2.52. The third kappa shape index (κ3) is 9.73. The SMILES string of the molecule is CCCCCN(C(=O)C(CCC(N)=O)NC(=O)OC(C)(C)C)C(C(=O)Nc1ccc2ccccc2c1)c1ccccc1O. The number of para-hydroxylation sites is 1. The molecule has 0 aliphatic carbocycles. The molecule has 0 spiro atoms. The number of nitrogens with zero attached hydrogens (tertiary/aromatic N) is 1. The second-order valence-corrected chi connectivity index (χ2v) is 11.5. The number of nitrogens with one attached hydrogen (secondary N) is 2. The fourth-order valence-corrected chi connectivity index (χ4v) is 4.74. The number of alkyl carbamates (subject to hydrolysis) is 1. The molecule has 2 unspecified atom stereocenters. The number of phenols is 1. The smallest absolute Gasteiger partial charge is 0.408 e. The summed E-state index contributed by atoms with van der Waals surface area (Å²) in [7, 11) is 0. The number of primary amides is 1. The minimum Gasteiger partial charge on any atom is -0.508 e. The summed E-state index contributed by atoms with van der Waals surface area (Å²) in [6.07, 6.45) is 1.06. The lowest BCUT2D eigenvalue weighted by molar-refractivity contribution is -0.141. The molecule has 3 aromatic rings. The van der Waals surface area contributed by atoms with Gasteiger partial charge in [0.2, 0.25) is 11.8 Å². The number of aromatic hydroxyl groups is 1. The molecule has 5 N–H and O–H groups in total. The van der Waals surface area contributed by atoms with Crippen molar-refractivity contribution in [3.8, 4) is 5.75 Å². The molecule has 2 atom stereocenters. The van der Waals surface area contributed by atoms with E-state index in [0.717, 1.165) is 23.6 Å². The van der Waals surface area contributed by atoms with Gasteiger partial charge in [0.05, 0.1) is 0 Å². The summed E-state index contributed by atoms with van der Waals surface area (Å²) in [5.74, 6) is -1.96. The second kappa shape index (κ2) is 15.0. The summed E-state index contributed by atoms with van der Waals surface area (Å²) in [5.41, 5.74) is 5.29. The van der Waals surface area contributed by atoms with Crippen molar-refractivity contribution in [3.63, 3.8) is 0 Å². The minimum absolute atomic E-state index is 0.0997. The Labute approximate surface area is 252 Å². The average Bonchev–Trinajstić information content (AvgIpc) is 2.94. The van der Waals surface area contributed by atoms with Gasteiger partial charge in [-0.05, 0) is 62.6 Å². The number of hydrogen-bond acceptors (Lipinski definition) is 6. The zero-order chi connectivity index (χ0) is 31.6. The summed E-state index contributed by atoms with van der Waals surface area (Å²) >= 11 is 0. The van der Waals surface area contributed by atoms with Gasteiger partial charge >= 0.3 is 6.09 Å². The number of carbonyl (C=O) groups is 4. The van der Waals surface area contributed by atoms with Gasteiger partial charge in [-0.1, -0.05) is 68.3 Å². The number of unbranched alkanes of at least 4 members (excludes halogenated alkanes) is 2. The highest BCUT2D eigenvalue weighted by Crippen LogP contribution is 2.32. The van der Waals surface area contributed by atoms with Crippen molar-refractivity contribution in [1.82, 2.24) is 10.2 Å². The van der Waals surface area contributed by atoms with Crippen molar-refractivity contribution in [2.24, 2.45) is 5.73 Å². The Morgan fingerprint density at radius 2 is 1.63 bits per heavy atom. The number of fused-ring (bicyclic) bond motifs is 1. The van der Waals surface area contributed by atoms with E-state index in [1.54, 1.807) is 45.0 Å². The van der Waals surface area contributed by atoms with Crippen molar-refractivity contribution in [2.45, 2.75) is 77.5 Å². The van der Waals surface area contributed by atoms with Crippen LogP contribution in [0.15, 0.2) is 66.7 Å². The Kier molecular flexibility index (Phi) is 11.5. The number of nitrogens with two attached hydrogens (primary N) is 1. The topological polar surface area (TPSA) is 151 Å². The molecule has 10 nitrogen and oxygen atoms in total. The molecule has 3 rings (SSSR count). The molecule has 10 heteroatoms. The maximum Gasteiger partial charge on any atom is 0.408 e. The van der Waals surface area contributed by atoms with Gasteiger partial charge in [-0.2, -0.15) is 0 Å². The predicted molar refractivity (Wildman–Crippen MR) is 166 cm³/mol. The van der Waals surface area contributed by atoms with Gasteiger partial charge in [0, 0.05) is 24.2 Å². The number of benzene rings is 3. The molecule has 0 aliphatic heterocycles. The van der Waals surface area contributed by atoms with Crippen molar-refractivity contribution < 1.29 is 29.0 Å². The van der Waals surface area contributed by atoms with Crippen molar-refractivity contribution in [1.29, 1.82) is 0 Å². The molecule has 0 fully saturated rings. The largest absolute Gasteiger partial charge is 0.508 e. The number of hydrogen-bond donors (Lipinski definition) is 4. The Morgan fingerprint density at radius 3 is 2.28 bits per heavy atom. The van der Waals surface area contributed by atoms with E-state index in [0.29, 0.717) is 12.1 Å². The van der Waals surface area contributed by atoms with Crippen LogP contribution in [0.3, 0.4) is 0 Å². The normalized spacial score (nSPS) is 12.7. The molecule has 0 bridgehead atoms. The molecule has 0 aromatic heterocycles. The zero-order valence-corrected chi connectivity index (χ0v) is 25.3.